The van der Waals surface area contributed by atoms with Crippen molar-refractivity contribution in [2.75, 3.05) is 11.5 Å². The molecule has 6 nitrogen and oxygen atoms in total. The highest BCUT2D eigenvalue weighted by Crippen LogP contribution is 2.48. The third kappa shape index (κ3) is 3.39. The minimum atomic E-state index is -2.30. The van der Waals surface area contributed by atoms with Crippen LogP contribution in [0.2, 0.25) is 0 Å². The van der Waals surface area contributed by atoms with Gasteiger partial charge >= 0.3 is 5.97 Å². The Bertz CT molecular complexity index is 949. The molecule has 0 bridgehead atoms. The summed E-state index contributed by atoms with van der Waals surface area (Å²) in [6.45, 7) is 5.57. The third-order valence-electron chi connectivity index (χ3n) is 5.13. The SMILES string of the molecule is C=CC[C@](N)(C(=O)OCC)[C@]1(O)C(=O)N(Cc2ccccc2)c2ccc(Br)cc21. The summed E-state index contributed by atoms with van der Waals surface area (Å²) in [7, 11) is 0. The van der Waals surface area contributed by atoms with Gasteiger partial charge in [-0.2, -0.15) is 0 Å². The standard InChI is InChI=1S/C22H23BrN2O4/c1-3-12-21(24,20(27)29-4-2)22(28)17-13-16(23)10-11-18(17)25(19(22)26)14-15-8-6-5-7-9-15/h3,5-11,13,28H,1,4,12,14,24H2,2H3/t21-,22+/m0/s1. The Kier molecular flexibility index (Phi) is 5.93. The van der Waals surface area contributed by atoms with Crippen LogP contribution in [-0.4, -0.2) is 29.1 Å². The number of halogens is 1. The van der Waals surface area contributed by atoms with Crippen LogP contribution in [0, 0.1) is 0 Å². The number of carbonyl (C=O) groups is 2. The van der Waals surface area contributed by atoms with Gasteiger partial charge in [0.1, 0.15) is 0 Å². The normalized spacial score (nSPS) is 20.1. The van der Waals surface area contributed by atoms with Gasteiger partial charge in [0.25, 0.3) is 5.91 Å². The van der Waals surface area contributed by atoms with E-state index in [4.69, 9.17) is 10.5 Å². The highest BCUT2D eigenvalue weighted by Gasteiger charge is 2.65. The van der Waals surface area contributed by atoms with Crippen LogP contribution in [0.3, 0.4) is 0 Å². The largest absolute Gasteiger partial charge is 0.465 e. The third-order valence-corrected chi connectivity index (χ3v) is 5.62. The number of hydrogen-bond acceptors (Lipinski definition) is 5. The number of ether oxygens (including phenoxy) is 1. The molecule has 3 N–H and O–H groups in total. The van der Waals surface area contributed by atoms with E-state index in [1.807, 2.05) is 30.3 Å². The molecule has 0 saturated heterocycles. The number of anilines is 1. The van der Waals surface area contributed by atoms with Crippen molar-refractivity contribution in [2.45, 2.75) is 31.0 Å². The minimum absolute atomic E-state index is 0.0677. The molecular weight excluding hydrogens is 436 g/mol. The first-order valence-corrected chi connectivity index (χ1v) is 10.0. The lowest BCUT2D eigenvalue weighted by Crippen LogP contribution is -2.67. The molecule has 0 radical (unpaired) electrons. The maximum atomic E-state index is 13.6. The molecular formula is C22H23BrN2O4. The Labute approximate surface area is 178 Å². The summed E-state index contributed by atoms with van der Waals surface area (Å²) in [5.74, 6) is -1.53. The smallest absolute Gasteiger partial charge is 0.330 e. The molecule has 29 heavy (non-hydrogen) atoms. The number of fused-ring (bicyclic) bond motifs is 1. The lowest BCUT2D eigenvalue weighted by atomic mass is 9.74. The van der Waals surface area contributed by atoms with Gasteiger partial charge in [-0.05, 0) is 37.1 Å². The van der Waals surface area contributed by atoms with Crippen molar-refractivity contribution in [3.8, 4) is 0 Å². The first-order chi connectivity index (χ1) is 13.8. The second-order valence-electron chi connectivity index (χ2n) is 6.93. The van der Waals surface area contributed by atoms with E-state index in [1.54, 1.807) is 25.1 Å². The van der Waals surface area contributed by atoms with E-state index in [0.717, 1.165) is 5.56 Å². The first kappa shape index (κ1) is 21.2. The Balaban J connectivity index is 2.18. The maximum Gasteiger partial charge on any atom is 0.330 e. The van der Waals surface area contributed by atoms with Crippen LogP contribution in [0.1, 0.15) is 24.5 Å². The van der Waals surface area contributed by atoms with Crippen molar-refractivity contribution in [2.24, 2.45) is 5.73 Å². The summed E-state index contributed by atoms with van der Waals surface area (Å²) < 4.78 is 5.78. The molecule has 2 atom stereocenters. The summed E-state index contributed by atoms with van der Waals surface area (Å²) in [5.41, 5.74) is 3.73. The average molecular weight is 459 g/mol. The Morgan fingerprint density at radius 3 is 2.66 bits per heavy atom. The number of amides is 1. The van der Waals surface area contributed by atoms with Crippen molar-refractivity contribution in [3.63, 3.8) is 0 Å². The molecule has 0 spiro atoms. The van der Waals surface area contributed by atoms with Crippen molar-refractivity contribution in [1.29, 1.82) is 0 Å². The molecule has 152 valence electrons. The highest BCUT2D eigenvalue weighted by atomic mass is 79.9. The molecule has 1 heterocycles. The second kappa shape index (κ2) is 8.10. The average Bonchev–Trinajstić information content (AvgIpc) is 2.91. The number of benzene rings is 2. The number of nitrogens with zero attached hydrogens (tertiary/aromatic N) is 1. The van der Waals surface area contributed by atoms with E-state index in [2.05, 4.69) is 22.5 Å². The summed E-state index contributed by atoms with van der Waals surface area (Å²) in [6, 6.07) is 14.5. The molecule has 0 aromatic heterocycles. The van der Waals surface area contributed by atoms with Gasteiger partial charge in [-0.3, -0.25) is 4.79 Å². The van der Waals surface area contributed by atoms with Gasteiger partial charge in [0.05, 0.1) is 18.8 Å². The fourth-order valence-corrected chi connectivity index (χ4v) is 4.03. The molecule has 0 unspecified atom stereocenters. The van der Waals surface area contributed by atoms with Crippen molar-refractivity contribution >= 4 is 33.5 Å². The maximum absolute atomic E-state index is 13.6. The lowest BCUT2D eigenvalue weighted by Gasteiger charge is -2.38. The van der Waals surface area contributed by atoms with E-state index < -0.39 is 23.0 Å². The van der Waals surface area contributed by atoms with Crippen molar-refractivity contribution in [1.82, 2.24) is 0 Å². The van der Waals surface area contributed by atoms with Gasteiger partial charge in [0.2, 0.25) is 0 Å². The minimum Gasteiger partial charge on any atom is -0.465 e. The number of nitrogens with two attached hydrogens (primary N) is 1. The quantitative estimate of drug-likeness (QED) is 0.491. The van der Waals surface area contributed by atoms with Gasteiger partial charge in [0.15, 0.2) is 11.1 Å². The molecule has 0 aliphatic carbocycles. The predicted molar refractivity (Wildman–Crippen MR) is 114 cm³/mol. The van der Waals surface area contributed by atoms with Gasteiger partial charge in [-0.1, -0.05) is 52.3 Å². The summed E-state index contributed by atoms with van der Waals surface area (Å²) in [4.78, 5) is 27.8. The van der Waals surface area contributed by atoms with Gasteiger partial charge in [-0.15, -0.1) is 6.58 Å². The highest BCUT2D eigenvalue weighted by molar-refractivity contribution is 9.10. The van der Waals surface area contributed by atoms with Gasteiger partial charge < -0.3 is 20.5 Å². The first-order valence-electron chi connectivity index (χ1n) is 9.25. The predicted octanol–water partition coefficient (Wildman–Crippen LogP) is 3.02. The zero-order chi connectivity index (χ0) is 21.2. The zero-order valence-electron chi connectivity index (χ0n) is 16.1. The molecule has 0 fully saturated rings. The van der Waals surface area contributed by atoms with E-state index in [0.29, 0.717) is 10.2 Å². The van der Waals surface area contributed by atoms with Crippen LogP contribution in [0.5, 0.6) is 0 Å². The summed E-state index contributed by atoms with van der Waals surface area (Å²) in [5, 5.41) is 11.7. The molecule has 1 aliphatic rings. The van der Waals surface area contributed by atoms with Crippen LogP contribution in [0.4, 0.5) is 5.69 Å². The molecule has 7 heteroatoms. The second-order valence-corrected chi connectivity index (χ2v) is 7.85. The molecule has 3 rings (SSSR count). The van der Waals surface area contributed by atoms with E-state index >= 15 is 0 Å². The van der Waals surface area contributed by atoms with Crippen LogP contribution >= 0.6 is 15.9 Å². The Hall–Kier alpha value is -2.48. The van der Waals surface area contributed by atoms with E-state index in [1.165, 1.54) is 11.0 Å². The topological polar surface area (TPSA) is 92.9 Å². The van der Waals surface area contributed by atoms with Crippen molar-refractivity contribution in [3.05, 3.63) is 76.8 Å². The number of rotatable bonds is 7. The van der Waals surface area contributed by atoms with Crippen LogP contribution in [0.15, 0.2) is 65.7 Å². The van der Waals surface area contributed by atoms with Crippen molar-refractivity contribution < 1.29 is 19.4 Å². The number of carbonyl (C=O) groups excluding carboxylic acids is 2. The fraction of sp³-hybridized carbons (Fsp3) is 0.273. The lowest BCUT2D eigenvalue weighted by molar-refractivity contribution is -0.168. The fourth-order valence-electron chi connectivity index (χ4n) is 3.67. The van der Waals surface area contributed by atoms with E-state index in [-0.39, 0.29) is 25.1 Å². The van der Waals surface area contributed by atoms with Crippen LogP contribution in [0.25, 0.3) is 0 Å². The summed E-state index contributed by atoms with van der Waals surface area (Å²) >= 11 is 3.38. The number of hydrogen-bond donors (Lipinski definition) is 2. The van der Waals surface area contributed by atoms with Gasteiger partial charge in [-0.25, -0.2) is 4.79 Å². The van der Waals surface area contributed by atoms with Crippen LogP contribution < -0.4 is 10.6 Å². The monoisotopic (exact) mass is 458 g/mol. The van der Waals surface area contributed by atoms with Crippen LogP contribution in [-0.2, 0) is 26.5 Å². The summed E-state index contributed by atoms with van der Waals surface area (Å²) in [6.07, 6.45) is 1.26. The van der Waals surface area contributed by atoms with E-state index in [9.17, 15) is 14.7 Å². The Morgan fingerprint density at radius 1 is 1.34 bits per heavy atom. The molecule has 0 saturated carbocycles. The zero-order valence-corrected chi connectivity index (χ0v) is 17.7. The molecule has 1 aliphatic heterocycles. The molecule has 1 amide bonds. The Morgan fingerprint density at radius 2 is 2.03 bits per heavy atom. The molecule has 2 aromatic carbocycles. The number of aliphatic hydroxyl groups is 1. The number of esters is 1. The van der Waals surface area contributed by atoms with Gasteiger partial charge in [0, 0.05) is 10.0 Å². The molecule has 2 aromatic rings.